The van der Waals surface area contributed by atoms with Crippen molar-refractivity contribution >= 4 is 17.6 Å². The molecule has 1 unspecified atom stereocenters. The van der Waals surface area contributed by atoms with Crippen molar-refractivity contribution in [3.63, 3.8) is 0 Å². The summed E-state index contributed by atoms with van der Waals surface area (Å²) in [4.78, 5) is 15.4. The third-order valence-corrected chi connectivity index (χ3v) is 2.41. The Balaban J connectivity index is 2.84. The van der Waals surface area contributed by atoms with Gasteiger partial charge in [0, 0.05) is 17.0 Å². The molecule has 0 fully saturated rings. The van der Waals surface area contributed by atoms with Crippen LogP contribution in [-0.2, 0) is 4.79 Å². The van der Waals surface area contributed by atoms with Crippen molar-refractivity contribution in [1.82, 2.24) is 4.98 Å². The molecule has 0 saturated heterocycles. The lowest BCUT2D eigenvalue weighted by molar-refractivity contribution is -0.108. The van der Waals surface area contributed by atoms with Crippen LogP contribution in [0, 0.1) is 6.92 Å². The summed E-state index contributed by atoms with van der Waals surface area (Å²) in [6, 6.07) is 0. The van der Waals surface area contributed by atoms with Crippen LogP contribution in [0.1, 0.15) is 22.7 Å². The van der Waals surface area contributed by atoms with Crippen LogP contribution in [0.2, 0.25) is 0 Å². The molecule has 0 spiro atoms. The fraction of sp³-hybridized carbons (Fsp3) is 0.429. The highest BCUT2D eigenvalue weighted by Gasteiger charge is 2.05. The molecule has 1 aromatic rings. The molecule has 1 atom stereocenters. The Morgan fingerprint density at radius 1 is 1.80 bits per heavy atom. The minimum absolute atomic E-state index is 0.00574. The molecule has 0 aromatic carbocycles. The van der Waals surface area contributed by atoms with Gasteiger partial charge >= 0.3 is 0 Å². The van der Waals surface area contributed by atoms with E-state index in [1.165, 1.54) is 0 Å². The Hall–Kier alpha value is -0.700. The van der Waals surface area contributed by atoms with E-state index in [0.29, 0.717) is 0 Å². The molecule has 0 aliphatic heterocycles. The zero-order chi connectivity index (χ0) is 7.56. The van der Waals surface area contributed by atoms with E-state index in [4.69, 9.17) is 0 Å². The number of rotatable bonds is 2. The average Bonchev–Trinajstić information content (AvgIpc) is 2.34. The molecule has 0 aliphatic rings. The lowest BCUT2D eigenvalue weighted by atomic mass is 10.2. The van der Waals surface area contributed by atoms with Gasteiger partial charge in [-0.3, -0.25) is 0 Å². The van der Waals surface area contributed by atoms with Crippen molar-refractivity contribution in [2.45, 2.75) is 19.8 Å². The number of aldehydes is 1. The summed E-state index contributed by atoms with van der Waals surface area (Å²) in [7, 11) is 0. The summed E-state index contributed by atoms with van der Waals surface area (Å²) in [6.07, 6.45) is 2.70. The van der Waals surface area contributed by atoms with Crippen molar-refractivity contribution in [2.75, 3.05) is 0 Å². The first-order valence-corrected chi connectivity index (χ1v) is 3.93. The zero-order valence-electron chi connectivity index (χ0n) is 6.00. The molecule has 0 amide bonds. The van der Waals surface area contributed by atoms with Crippen LogP contribution < -0.4 is 0 Å². The Morgan fingerprint density at radius 2 is 2.50 bits per heavy atom. The second-order valence-corrected chi connectivity index (χ2v) is 3.47. The molecule has 1 rings (SSSR count). The molecule has 1 aromatic heterocycles. The number of hydrogen-bond acceptors (Lipinski definition) is 3. The summed E-state index contributed by atoms with van der Waals surface area (Å²) in [6.45, 7) is 3.81. The lowest BCUT2D eigenvalue weighted by Gasteiger charge is -1.93. The van der Waals surface area contributed by atoms with Gasteiger partial charge in [0.2, 0.25) is 0 Å². The minimum Gasteiger partial charge on any atom is -0.303 e. The van der Waals surface area contributed by atoms with E-state index in [1.807, 2.05) is 13.8 Å². The van der Waals surface area contributed by atoms with Crippen LogP contribution in [0.3, 0.4) is 0 Å². The second-order valence-electron chi connectivity index (χ2n) is 2.21. The summed E-state index contributed by atoms with van der Waals surface area (Å²) >= 11 is 1.58. The largest absolute Gasteiger partial charge is 0.303 e. The van der Waals surface area contributed by atoms with Gasteiger partial charge in [-0.2, -0.15) is 0 Å². The van der Waals surface area contributed by atoms with Gasteiger partial charge in [-0.1, -0.05) is 6.92 Å². The Morgan fingerprint density at radius 3 is 2.90 bits per heavy atom. The van der Waals surface area contributed by atoms with Gasteiger partial charge in [-0.15, -0.1) is 11.3 Å². The standard InChI is InChI=1S/C7H9NOS/c1-5(4-9)7-3-8-6(2)10-7/h3-5H,1-2H3. The predicted molar refractivity (Wildman–Crippen MR) is 41.3 cm³/mol. The minimum atomic E-state index is 0.00574. The predicted octanol–water partition coefficient (Wildman–Crippen LogP) is 1.75. The smallest absolute Gasteiger partial charge is 0.128 e. The van der Waals surface area contributed by atoms with Gasteiger partial charge < -0.3 is 4.79 Å². The normalized spacial score (nSPS) is 13.0. The number of carbonyl (C=O) groups excluding carboxylic acids is 1. The van der Waals surface area contributed by atoms with Gasteiger partial charge in [0.15, 0.2) is 0 Å². The molecule has 54 valence electrons. The van der Waals surface area contributed by atoms with E-state index in [-0.39, 0.29) is 5.92 Å². The molecule has 0 saturated carbocycles. The highest BCUT2D eigenvalue weighted by molar-refractivity contribution is 7.11. The van der Waals surface area contributed by atoms with Crippen LogP contribution in [0.15, 0.2) is 6.20 Å². The van der Waals surface area contributed by atoms with E-state index in [1.54, 1.807) is 17.5 Å². The Kier molecular flexibility index (Phi) is 2.17. The van der Waals surface area contributed by atoms with E-state index >= 15 is 0 Å². The number of thiazole rings is 1. The Labute approximate surface area is 63.9 Å². The first-order valence-electron chi connectivity index (χ1n) is 3.11. The molecule has 10 heavy (non-hydrogen) atoms. The quantitative estimate of drug-likeness (QED) is 0.609. The molecule has 0 bridgehead atoms. The van der Waals surface area contributed by atoms with Crippen molar-refractivity contribution < 1.29 is 4.79 Å². The fourth-order valence-electron chi connectivity index (χ4n) is 0.655. The molecule has 0 N–H and O–H groups in total. The topological polar surface area (TPSA) is 30.0 Å². The van der Waals surface area contributed by atoms with Crippen LogP contribution in [0.5, 0.6) is 0 Å². The molecule has 0 aliphatic carbocycles. The zero-order valence-corrected chi connectivity index (χ0v) is 6.81. The highest BCUT2D eigenvalue weighted by atomic mass is 32.1. The van der Waals surface area contributed by atoms with Gasteiger partial charge in [-0.25, -0.2) is 4.98 Å². The maximum atomic E-state index is 10.3. The van der Waals surface area contributed by atoms with E-state index in [0.717, 1.165) is 16.2 Å². The first-order chi connectivity index (χ1) is 4.74. The van der Waals surface area contributed by atoms with Crippen LogP contribution in [0.25, 0.3) is 0 Å². The second kappa shape index (κ2) is 2.92. The van der Waals surface area contributed by atoms with Gasteiger partial charge in [0.1, 0.15) is 6.29 Å². The third-order valence-electron chi connectivity index (χ3n) is 1.29. The van der Waals surface area contributed by atoms with E-state index < -0.39 is 0 Å². The summed E-state index contributed by atoms with van der Waals surface area (Å²) in [5.74, 6) is 0.00574. The number of aromatic nitrogens is 1. The Bertz CT molecular complexity index is 231. The first kappa shape index (κ1) is 7.41. The number of hydrogen-bond donors (Lipinski definition) is 0. The van der Waals surface area contributed by atoms with E-state index in [9.17, 15) is 4.79 Å². The maximum Gasteiger partial charge on any atom is 0.128 e. The van der Waals surface area contributed by atoms with Gasteiger partial charge in [-0.05, 0) is 6.92 Å². The molecule has 3 heteroatoms. The van der Waals surface area contributed by atoms with Gasteiger partial charge in [0.25, 0.3) is 0 Å². The van der Waals surface area contributed by atoms with Gasteiger partial charge in [0.05, 0.1) is 5.01 Å². The van der Waals surface area contributed by atoms with Crippen molar-refractivity contribution in [3.8, 4) is 0 Å². The number of carbonyl (C=O) groups is 1. The van der Waals surface area contributed by atoms with Crippen LogP contribution >= 0.6 is 11.3 Å². The SMILES string of the molecule is Cc1ncc(C(C)C=O)s1. The van der Waals surface area contributed by atoms with Crippen molar-refractivity contribution in [3.05, 3.63) is 16.1 Å². The molecule has 2 nitrogen and oxygen atoms in total. The maximum absolute atomic E-state index is 10.3. The van der Waals surface area contributed by atoms with Crippen LogP contribution in [-0.4, -0.2) is 11.3 Å². The lowest BCUT2D eigenvalue weighted by Crippen LogP contribution is -1.88. The average molecular weight is 155 g/mol. The monoisotopic (exact) mass is 155 g/mol. The van der Waals surface area contributed by atoms with Crippen LogP contribution in [0.4, 0.5) is 0 Å². The molecular weight excluding hydrogens is 146 g/mol. The number of aryl methyl sites for hydroxylation is 1. The highest BCUT2D eigenvalue weighted by Crippen LogP contribution is 2.19. The van der Waals surface area contributed by atoms with Crippen molar-refractivity contribution in [1.29, 1.82) is 0 Å². The summed E-state index contributed by atoms with van der Waals surface area (Å²) in [5.41, 5.74) is 0. The third kappa shape index (κ3) is 1.42. The number of nitrogens with zero attached hydrogens (tertiary/aromatic N) is 1. The van der Waals surface area contributed by atoms with Crippen molar-refractivity contribution in [2.24, 2.45) is 0 Å². The molecule has 1 heterocycles. The fourth-order valence-corrected chi connectivity index (χ4v) is 1.45. The molecule has 0 radical (unpaired) electrons. The summed E-state index contributed by atoms with van der Waals surface area (Å²) in [5, 5.41) is 1.02. The summed E-state index contributed by atoms with van der Waals surface area (Å²) < 4.78 is 0. The molecular formula is C7H9NOS. The van der Waals surface area contributed by atoms with E-state index in [2.05, 4.69) is 4.98 Å².